The van der Waals surface area contributed by atoms with Crippen LogP contribution in [0, 0.1) is 10.1 Å². The van der Waals surface area contributed by atoms with Crippen LogP contribution in [0.5, 0.6) is 0 Å². The zero-order valence-electron chi connectivity index (χ0n) is 12.9. The van der Waals surface area contributed by atoms with Crippen LogP contribution in [0.4, 0.5) is 11.4 Å². The lowest BCUT2D eigenvalue weighted by molar-refractivity contribution is -0.384. The van der Waals surface area contributed by atoms with Gasteiger partial charge in [-0.15, -0.1) is 0 Å². The Bertz CT molecular complexity index is 742. The van der Waals surface area contributed by atoms with Crippen molar-refractivity contribution >= 4 is 23.2 Å². The molecule has 9 nitrogen and oxygen atoms in total. The van der Waals surface area contributed by atoms with Crippen LogP contribution in [0.2, 0.25) is 0 Å². The van der Waals surface area contributed by atoms with E-state index in [1.165, 1.54) is 18.4 Å². The molecule has 1 aromatic carbocycles. The fourth-order valence-corrected chi connectivity index (χ4v) is 1.97. The molecule has 2 rings (SSSR count). The fraction of sp³-hybridized carbons (Fsp3) is 0.200. The molecule has 0 unspecified atom stereocenters. The molecule has 0 saturated carbocycles. The molecule has 9 heteroatoms. The third kappa shape index (κ3) is 4.32. The first-order valence-electron chi connectivity index (χ1n) is 7.04. The lowest BCUT2D eigenvalue weighted by atomic mass is 10.1. The molecule has 0 saturated heterocycles. The van der Waals surface area contributed by atoms with Gasteiger partial charge in [0.1, 0.15) is 5.76 Å². The summed E-state index contributed by atoms with van der Waals surface area (Å²) in [6, 6.07) is 7.29. The number of carbonyl (C=O) groups is 2. The molecular formula is C15H16N4O5. The number of rotatable bonds is 7. The quantitative estimate of drug-likeness (QED) is 0.518. The van der Waals surface area contributed by atoms with E-state index in [9.17, 15) is 19.7 Å². The van der Waals surface area contributed by atoms with Crippen LogP contribution in [0.1, 0.15) is 16.1 Å². The second-order valence-electron chi connectivity index (χ2n) is 4.78. The lowest BCUT2D eigenvalue weighted by Crippen LogP contribution is -2.36. The number of furan rings is 1. The maximum Gasteiger partial charge on any atom is 0.270 e. The summed E-state index contributed by atoms with van der Waals surface area (Å²) in [6.45, 7) is -0.0499. The maximum atomic E-state index is 12.2. The smallest absolute Gasteiger partial charge is 0.270 e. The summed E-state index contributed by atoms with van der Waals surface area (Å²) in [5.74, 6) is -0.404. The largest absolute Gasteiger partial charge is 0.467 e. The molecule has 0 radical (unpaired) electrons. The molecule has 0 atom stereocenters. The van der Waals surface area contributed by atoms with Crippen molar-refractivity contribution < 1.29 is 18.9 Å². The van der Waals surface area contributed by atoms with Crippen molar-refractivity contribution in [3.8, 4) is 0 Å². The number of nitrogens with one attached hydrogen (secondary N) is 3. The van der Waals surface area contributed by atoms with Crippen LogP contribution < -0.4 is 16.0 Å². The number of nitro benzene ring substituents is 1. The highest BCUT2D eigenvalue weighted by Crippen LogP contribution is 2.21. The van der Waals surface area contributed by atoms with Crippen molar-refractivity contribution in [3.63, 3.8) is 0 Å². The number of carbonyl (C=O) groups excluding carboxylic acids is 2. The summed E-state index contributed by atoms with van der Waals surface area (Å²) < 4.78 is 5.07. The summed E-state index contributed by atoms with van der Waals surface area (Å²) in [5, 5.41) is 18.6. The summed E-state index contributed by atoms with van der Waals surface area (Å²) in [4.78, 5) is 34.1. The van der Waals surface area contributed by atoms with Gasteiger partial charge in [0.25, 0.3) is 11.6 Å². The zero-order chi connectivity index (χ0) is 17.5. The Morgan fingerprint density at radius 2 is 2.04 bits per heavy atom. The van der Waals surface area contributed by atoms with Gasteiger partial charge in [-0.05, 0) is 18.2 Å². The molecule has 0 aliphatic rings. The Hall–Kier alpha value is -3.36. The Morgan fingerprint density at radius 3 is 2.67 bits per heavy atom. The van der Waals surface area contributed by atoms with Crippen LogP contribution in [0.3, 0.4) is 0 Å². The Labute approximate surface area is 137 Å². The normalized spacial score (nSPS) is 10.0. The van der Waals surface area contributed by atoms with Crippen molar-refractivity contribution in [3.05, 3.63) is 58.0 Å². The Morgan fingerprint density at radius 1 is 1.25 bits per heavy atom. The van der Waals surface area contributed by atoms with E-state index in [0.29, 0.717) is 11.4 Å². The van der Waals surface area contributed by atoms with Crippen LogP contribution in [0.25, 0.3) is 0 Å². The minimum atomic E-state index is -0.591. The number of hydrogen-bond donors (Lipinski definition) is 3. The summed E-state index contributed by atoms with van der Waals surface area (Å²) >= 11 is 0. The van der Waals surface area contributed by atoms with Crippen LogP contribution in [-0.2, 0) is 11.3 Å². The van der Waals surface area contributed by atoms with E-state index in [2.05, 4.69) is 16.0 Å². The molecule has 24 heavy (non-hydrogen) atoms. The number of nitro groups is 1. The first-order chi connectivity index (χ1) is 11.5. The SMILES string of the molecule is CNc1ccc([N+](=O)[O-])cc1C(=O)NCC(=O)NCc1ccco1. The highest BCUT2D eigenvalue weighted by molar-refractivity contribution is 6.01. The molecule has 2 aromatic rings. The topological polar surface area (TPSA) is 127 Å². The molecule has 0 bridgehead atoms. The van der Waals surface area contributed by atoms with Gasteiger partial charge >= 0.3 is 0 Å². The van der Waals surface area contributed by atoms with Crippen LogP contribution in [0.15, 0.2) is 41.0 Å². The average Bonchev–Trinajstić information content (AvgIpc) is 3.10. The van der Waals surface area contributed by atoms with Gasteiger partial charge in [0.05, 0.1) is 29.8 Å². The third-order valence-electron chi connectivity index (χ3n) is 3.18. The van der Waals surface area contributed by atoms with Gasteiger partial charge in [0.2, 0.25) is 5.91 Å². The predicted molar refractivity (Wildman–Crippen MR) is 85.5 cm³/mol. The average molecular weight is 332 g/mol. The number of nitrogens with zero attached hydrogens (tertiary/aromatic N) is 1. The number of hydrogen-bond acceptors (Lipinski definition) is 6. The first kappa shape index (κ1) is 17.0. The standard InChI is InChI=1S/C15H16N4O5/c1-16-13-5-4-10(19(22)23)7-12(13)15(21)18-9-14(20)17-8-11-3-2-6-24-11/h2-7,16H,8-9H2,1H3,(H,17,20)(H,18,21). The van der Waals surface area contributed by atoms with Gasteiger partial charge in [-0.2, -0.15) is 0 Å². The predicted octanol–water partition coefficient (Wildman–Crippen LogP) is 1.28. The zero-order valence-corrected chi connectivity index (χ0v) is 12.9. The molecular weight excluding hydrogens is 316 g/mol. The van der Waals surface area contributed by atoms with E-state index in [-0.39, 0.29) is 24.3 Å². The summed E-state index contributed by atoms with van der Waals surface area (Å²) in [7, 11) is 1.59. The van der Waals surface area contributed by atoms with Gasteiger partial charge in [-0.3, -0.25) is 19.7 Å². The molecule has 126 valence electrons. The molecule has 2 amide bonds. The van der Waals surface area contributed by atoms with Gasteiger partial charge < -0.3 is 20.4 Å². The molecule has 3 N–H and O–H groups in total. The minimum absolute atomic E-state index is 0.0885. The van der Waals surface area contributed by atoms with Crippen LogP contribution in [-0.4, -0.2) is 30.3 Å². The molecule has 1 aromatic heterocycles. The van der Waals surface area contributed by atoms with E-state index in [1.807, 2.05) is 0 Å². The second-order valence-corrected chi connectivity index (χ2v) is 4.78. The second kappa shape index (κ2) is 7.77. The highest BCUT2D eigenvalue weighted by atomic mass is 16.6. The van der Waals surface area contributed by atoms with Gasteiger partial charge in [-0.25, -0.2) is 0 Å². The number of non-ortho nitro benzene ring substituents is 1. The van der Waals surface area contributed by atoms with Crippen molar-refractivity contribution in [2.75, 3.05) is 18.9 Å². The monoisotopic (exact) mass is 332 g/mol. The van der Waals surface area contributed by atoms with Gasteiger partial charge in [0.15, 0.2) is 0 Å². The first-order valence-corrected chi connectivity index (χ1v) is 7.04. The van der Waals surface area contributed by atoms with E-state index < -0.39 is 16.7 Å². The van der Waals surface area contributed by atoms with Crippen molar-refractivity contribution in [1.29, 1.82) is 0 Å². The summed E-state index contributed by atoms with van der Waals surface area (Å²) in [5.41, 5.74) is 0.307. The lowest BCUT2D eigenvalue weighted by Gasteiger charge is -2.10. The summed E-state index contributed by atoms with van der Waals surface area (Å²) in [6.07, 6.45) is 1.49. The van der Waals surface area contributed by atoms with E-state index in [1.54, 1.807) is 19.2 Å². The number of amides is 2. The Balaban J connectivity index is 1.95. The molecule has 0 fully saturated rings. The van der Waals surface area contributed by atoms with E-state index in [0.717, 1.165) is 6.07 Å². The fourth-order valence-electron chi connectivity index (χ4n) is 1.97. The van der Waals surface area contributed by atoms with E-state index >= 15 is 0 Å². The van der Waals surface area contributed by atoms with Gasteiger partial charge in [0, 0.05) is 24.9 Å². The highest BCUT2D eigenvalue weighted by Gasteiger charge is 2.16. The van der Waals surface area contributed by atoms with Gasteiger partial charge in [-0.1, -0.05) is 0 Å². The molecule has 1 heterocycles. The number of benzene rings is 1. The third-order valence-corrected chi connectivity index (χ3v) is 3.18. The molecule has 0 aliphatic carbocycles. The van der Waals surface area contributed by atoms with Crippen molar-refractivity contribution in [1.82, 2.24) is 10.6 Å². The maximum absolute atomic E-state index is 12.2. The minimum Gasteiger partial charge on any atom is -0.467 e. The van der Waals surface area contributed by atoms with Crippen molar-refractivity contribution in [2.24, 2.45) is 0 Å². The van der Waals surface area contributed by atoms with Crippen LogP contribution >= 0.6 is 0 Å². The molecule has 0 spiro atoms. The Kier molecular flexibility index (Phi) is 5.50. The van der Waals surface area contributed by atoms with Crippen molar-refractivity contribution in [2.45, 2.75) is 6.54 Å². The molecule has 0 aliphatic heterocycles. The number of anilines is 1. The van der Waals surface area contributed by atoms with E-state index in [4.69, 9.17) is 4.42 Å².